The predicted octanol–water partition coefficient (Wildman–Crippen LogP) is 3.36. The van der Waals surface area contributed by atoms with E-state index in [2.05, 4.69) is 36.0 Å². The third-order valence-corrected chi connectivity index (χ3v) is 3.59. The molecule has 0 aliphatic carbocycles. The van der Waals surface area contributed by atoms with E-state index >= 15 is 0 Å². The Morgan fingerprint density at radius 3 is 2.95 bits per heavy atom. The minimum absolute atomic E-state index is 0.509. The van der Waals surface area contributed by atoms with E-state index in [1.165, 1.54) is 0 Å². The maximum atomic E-state index is 5.24. The smallest absolute Gasteiger partial charge is 0.159 e. The molecule has 7 heteroatoms. The fraction of sp³-hybridized carbons (Fsp3) is 0.0769. The van der Waals surface area contributed by atoms with Gasteiger partial charge in [0.2, 0.25) is 0 Å². The number of aryl methyl sites for hydroxylation is 1. The van der Waals surface area contributed by atoms with Crippen LogP contribution in [0.2, 0.25) is 0 Å². The van der Waals surface area contributed by atoms with Crippen LogP contribution in [0.25, 0.3) is 22.8 Å². The van der Waals surface area contributed by atoms with Crippen molar-refractivity contribution in [3.63, 3.8) is 0 Å². The topological polar surface area (TPSA) is 59.4 Å². The van der Waals surface area contributed by atoms with Crippen LogP contribution in [0.5, 0.6) is 0 Å². The number of nitrogens with one attached hydrogen (secondary N) is 1. The lowest BCUT2D eigenvalue weighted by Crippen LogP contribution is -1.95. The Morgan fingerprint density at radius 1 is 1.40 bits per heavy atom. The molecule has 3 aromatic rings. The van der Waals surface area contributed by atoms with E-state index in [1.807, 2.05) is 31.4 Å². The number of rotatable bonds is 2. The van der Waals surface area contributed by atoms with Gasteiger partial charge >= 0.3 is 0 Å². The Balaban J connectivity index is 2.17. The van der Waals surface area contributed by atoms with Crippen molar-refractivity contribution in [2.75, 3.05) is 0 Å². The second-order valence-corrected chi connectivity index (χ2v) is 5.49. The van der Waals surface area contributed by atoms with Crippen LogP contribution in [0.1, 0.15) is 0 Å². The highest BCUT2D eigenvalue weighted by Crippen LogP contribution is 2.25. The summed E-state index contributed by atoms with van der Waals surface area (Å²) in [6.07, 6.45) is 5.41. The highest BCUT2D eigenvalue weighted by molar-refractivity contribution is 9.10. The number of hydrogen-bond donors (Lipinski definition) is 1. The minimum atomic E-state index is 0.509. The van der Waals surface area contributed by atoms with Crippen molar-refractivity contribution < 1.29 is 0 Å². The zero-order chi connectivity index (χ0) is 14.1. The van der Waals surface area contributed by atoms with Gasteiger partial charge in [-0.1, -0.05) is 12.2 Å². The molecule has 1 N–H and O–H groups in total. The summed E-state index contributed by atoms with van der Waals surface area (Å²) in [6.45, 7) is 0. The zero-order valence-corrected chi connectivity index (χ0v) is 12.9. The molecule has 3 aromatic heterocycles. The third kappa shape index (κ3) is 2.54. The number of halogens is 1. The number of pyridine rings is 1. The van der Waals surface area contributed by atoms with Gasteiger partial charge in [-0.05, 0) is 34.1 Å². The summed E-state index contributed by atoms with van der Waals surface area (Å²) >= 11 is 8.71. The quantitative estimate of drug-likeness (QED) is 0.722. The normalized spacial score (nSPS) is 10.7. The van der Waals surface area contributed by atoms with Crippen molar-refractivity contribution in [1.29, 1.82) is 0 Å². The molecule has 20 heavy (non-hydrogen) atoms. The van der Waals surface area contributed by atoms with E-state index in [1.54, 1.807) is 17.1 Å². The highest BCUT2D eigenvalue weighted by Gasteiger charge is 2.09. The van der Waals surface area contributed by atoms with Crippen molar-refractivity contribution in [3.8, 4) is 22.8 Å². The number of nitrogens with zero attached hydrogens (tertiary/aromatic N) is 4. The first-order chi connectivity index (χ1) is 9.63. The van der Waals surface area contributed by atoms with Crippen molar-refractivity contribution in [2.45, 2.75) is 0 Å². The second kappa shape index (κ2) is 5.26. The molecule has 0 bridgehead atoms. The summed E-state index contributed by atoms with van der Waals surface area (Å²) in [5, 5.41) is 4.16. The molecule has 0 saturated heterocycles. The summed E-state index contributed by atoms with van der Waals surface area (Å²) < 4.78 is 3.11. The Labute approximate surface area is 128 Å². The first-order valence-electron chi connectivity index (χ1n) is 5.85. The molecule has 3 rings (SSSR count). The summed E-state index contributed by atoms with van der Waals surface area (Å²) in [5.74, 6) is 0.629. The van der Waals surface area contributed by atoms with E-state index in [0.717, 1.165) is 21.4 Å². The van der Waals surface area contributed by atoms with E-state index in [0.29, 0.717) is 10.5 Å². The van der Waals surface area contributed by atoms with Gasteiger partial charge in [0.05, 0.1) is 11.9 Å². The molecule has 0 aromatic carbocycles. The maximum Gasteiger partial charge on any atom is 0.159 e. The van der Waals surface area contributed by atoms with Gasteiger partial charge in [0.1, 0.15) is 10.3 Å². The van der Waals surface area contributed by atoms with Gasteiger partial charge in [0.15, 0.2) is 5.82 Å². The molecule has 0 radical (unpaired) electrons. The van der Waals surface area contributed by atoms with Crippen molar-refractivity contribution in [3.05, 3.63) is 45.9 Å². The minimum Gasteiger partial charge on any atom is -0.338 e. The molecule has 5 nitrogen and oxygen atoms in total. The van der Waals surface area contributed by atoms with Crippen LogP contribution in [-0.2, 0) is 7.05 Å². The molecular weight excluding hydrogens is 338 g/mol. The summed E-state index contributed by atoms with van der Waals surface area (Å²) in [6, 6.07) is 5.58. The predicted molar refractivity (Wildman–Crippen MR) is 82.6 cm³/mol. The summed E-state index contributed by atoms with van der Waals surface area (Å²) in [7, 11) is 1.87. The molecule has 0 atom stereocenters. The zero-order valence-electron chi connectivity index (χ0n) is 10.5. The fourth-order valence-electron chi connectivity index (χ4n) is 1.85. The average molecular weight is 348 g/mol. The number of H-pyrrole nitrogens is 1. The van der Waals surface area contributed by atoms with Gasteiger partial charge in [0.25, 0.3) is 0 Å². The van der Waals surface area contributed by atoms with Gasteiger partial charge in [-0.3, -0.25) is 9.67 Å². The number of aromatic amines is 1. The monoisotopic (exact) mass is 347 g/mol. The first-order valence-corrected chi connectivity index (χ1v) is 7.05. The summed E-state index contributed by atoms with van der Waals surface area (Å²) in [4.78, 5) is 11.9. The highest BCUT2D eigenvalue weighted by atomic mass is 79.9. The lowest BCUT2D eigenvalue weighted by molar-refractivity contribution is 0.768. The van der Waals surface area contributed by atoms with Crippen LogP contribution >= 0.6 is 28.1 Å². The third-order valence-electron chi connectivity index (χ3n) is 2.74. The van der Waals surface area contributed by atoms with Gasteiger partial charge in [-0.2, -0.15) is 5.10 Å². The largest absolute Gasteiger partial charge is 0.338 e. The van der Waals surface area contributed by atoms with Gasteiger partial charge < -0.3 is 4.98 Å². The standard InChI is InChI=1S/C13H10BrN5S/c1-19-7-8(6-16-19)10-5-11(20)18-13(17-10)12-9(14)3-2-4-15-12/h2-7H,1H3,(H,17,18,20). The lowest BCUT2D eigenvalue weighted by Gasteiger charge is -2.05. The number of aromatic nitrogens is 5. The molecule has 0 fully saturated rings. The van der Waals surface area contributed by atoms with Gasteiger partial charge in [-0.25, -0.2) is 4.98 Å². The first kappa shape index (κ1) is 13.1. The van der Waals surface area contributed by atoms with Crippen molar-refractivity contribution >= 4 is 28.1 Å². The van der Waals surface area contributed by atoms with Crippen LogP contribution in [0, 0.1) is 4.64 Å². The average Bonchev–Trinajstić information content (AvgIpc) is 2.85. The molecule has 0 amide bonds. The van der Waals surface area contributed by atoms with Crippen LogP contribution in [0.4, 0.5) is 0 Å². The Kier molecular flexibility index (Phi) is 3.45. The van der Waals surface area contributed by atoms with Gasteiger partial charge in [-0.15, -0.1) is 0 Å². The van der Waals surface area contributed by atoms with Crippen molar-refractivity contribution in [1.82, 2.24) is 24.7 Å². The van der Waals surface area contributed by atoms with Crippen LogP contribution in [-0.4, -0.2) is 24.7 Å². The van der Waals surface area contributed by atoms with Crippen molar-refractivity contribution in [2.24, 2.45) is 7.05 Å². The molecule has 0 saturated carbocycles. The SMILES string of the molecule is Cn1cc(-c2cc(=S)nc(-c3ncccc3Br)[nH]2)cn1. The van der Waals surface area contributed by atoms with Gasteiger partial charge in [0, 0.05) is 29.5 Å². The molecular formula is C13H10BrN5S. The van der Waals surface area contributed by atoms with E-state index in [-0.39, 0.29) is 0 Å². The molecule has 0 unspecified atom stereocenters. The molecule has 0 aliphatic heterocycles. The Morgan fingerprint density at radius 2 is 2.25 bits per heavy atom. The molecule has 0 aliphatic rings. The second-order valence-electron chi connectivity index (χ2n) is 4.22. The number of hydrogen-bond acceptors (Lipinski definition) is 4. The summed E-state index contributed by atoms with van der Waals surface area (Å²) in [5.41, 5.74) is 2.55. The van der Waals surface area contributed by atoms with Crippen LogP contribution < -0.4 is 0 Å². The molecule has 3 heterocycles. The Bertz CT molecular complexity index is 823. The lowest BCUT2D eigenvalue weighted by atomic mass is 10.2. The fourth-order valence-corrected chi connectivity index (χ4v) is 2.50. The molecule has 100 valence electrons. The van der Waals surface area contributed by atoms with E-state index < -0.39 is 0 Å². The van der Waals surface area contributed by atoms with E-state index in [9.17, 15) is 0 Å². The maximum absolute atomic E-state index is 5.24. The molecule has 0 spiro atoms. The van der Waals surface area contributed by atoms with Crippen LogP contribution in [0.15, 0.2) is 41.3 Å². The van der Waals surface area contributed by atoms with Crippen LogP contribution in [0.3, 0.4) is 0 Å². The van der Waals surface area contributed by atoms with E-state index in [4.69, 9.17) is 12.2 Å². The Hall–Kier alpha value is -1.86.